The zero-order chi connectivity index (χ0) is 24.2. The number of aliphatic carboxylic acids is 1. The lowest BCUT2D eigenvalue weighted by Gasteiger charge is -2.38. The molecule has 0 radical (unpaired) electrons. The molecule has 0 spiro atoms. The summed E-state index contributed by atoms with van der Waals surface area (Å²) in [6.45, 7) is 2.74. The summed E-state index contributed by atoms with van der Waals surface area (Å²) >= 11 is 0. The molecule has 176 valence electrons. The predicted molar refractivity (Wildman–Crippen MR) is 132 cm³/mol. The maximum absolute atomic E-state index is 12.4. The first kappa shape index (κ1) is 22.4. The molecule has 1 fully saturated rings. The van der Waals surface area contributed by atoms with E-state index in [1.807, 2.05) is 58.3 Å². The number of nitrogens with zero attached hydrogens (tertiary/aromatic N) is 4. The minimum atomic E-state index is -0.890. The van der Waals surface area contributed by atoms with Crippen LogP contribution in [0.3, 0.4) is 0 Å². The van der Waals surface area contributed by atoms with Gasteiger partial charge in [0.15, 0.2) is 0 Å². The number of aromatic nitrogens is 2. The summed E-state index contributed by atoms with van der Waals surface area (Å²) in [5.74, 6) is 0.481. The van der Waals surface area contributed by atoms with Crippen LogP contribution >= 0.6 is 0 Å². The molecule has 8 nitrogen and oxygen atoms in total. The number of hydrogen-bond donors (Lipinski definition) is 2. The topological polar surface area (TPSA) is 105 Å². The second-order valence-corrected chi connectivity index (χ2v) is 8.48. The van der Waals surface area contributed by atoms with Crippen LogP contribution in [0.25, 0.3) is 10.9 Å². The molecule has 5 rings (SSSR count). The molecule has 2 N–H and O–H groups in total. The molecule has 4 aromatic rings. The lowest BCUT2D eigenvalue weighted by molar-refractivity contribution is -0.143. The van der Waals surface area contributed by atoms with Gasteiger partial charge in [-0.2, -0.15) is 5.26 Å². The van der Waals surface area contributed by atoms with E-state index in [1.54, 1.807) is 24.5 Å². The lowest BCUT2D eigenvalue weighted by atomic mass is 10.0. The fourth-order valence-electron chi connectivity index (χ4n) is 4.60. The van der Waals surface area contributed by atoms with Crippen molar-refractivity contribution in [2.75, 3.05) is 31.1 Å². The van der Waals surface area contributed by atoms with Gasteiger partial charge in [-0.15, -0.1) is 0 Å². The van der Waals surface area contributed by atoms with Crippen LogP contribution in [-0.4, -0.2) is 52.1 Å². The highest BCUT2D eigenvalue weighted by atomic mass is 16.5. The van der Waals surface area contributed by atoms with Gasteiger partial charge in [-0.3, -0.25) is 9.69 Å². The molecule has 35 heavy (non-hydrogen) atoms. The molecular formula is C27H25N5O3. The SMILES string of the molecule is N#Cc1cccnc1N1CCN(C(C(=O)O)c2c[nH]c3cc(OCc4ccccc4)ccc23)CC1. The van der Waals surface area contributed by atoms with E-state index in [-0.39, 0.29) is 0 Å². The number of nitriles is 1. The summed E-state index contributed by atoms with van der Waals surface area (Å²) in [5, 5.41) is 20.4. The van der Waals surface area contributed by atoms with Crippen molar-refractivity contribution >= 4 is 22.7 Å². The lowest BCUT2D eigenvalue weighted by Crippen LogP contribution is -2.49. The van der Waals surface area contributed by atoms with E-state index in [1.165, 1.54) is 0 Å². The Kier molecular flexibility index (Phi) is 6.33. The van der Waals surface area contributed by atoms with Gasteiger partial charge in [0.2, 0.25) is 0 Å². The average molecular weight is 468 g/mol. The molecule has 0 aliphatic carbocycles. The Morgan fingerprint density at radius 3 is 2.66 bits per heavy atom. The summed E-state index contributed by atoms with van der Waals surface area (Å²) < 4.78 is 5.93. The van der Waals surface area contributed by atoms with Crippen molar-refractivity contribution in [3.63, 3.8) is 0 Å². The Bertz CT molecular complexity index is 1370. The highest BCUT2D eigenvalue weighted by molar-refractivity contribution is 5.90. The number of H-pyrrole nitrogens is 1. The molecule has 2 aromatic heterocycles. The summed E-state index contributed by atoms with van der Waals surface area (Å²) in [5.41, 5.74) is 3.17. The van der Waals surface area contributed by atoms with E-state index in [2.05, 4.69) is 16.0 Å². The van der Waals surface area contributed by atoms with Gasteiger partial charge >= 0.3 is 5.97 Å². The van der Waals surface area contributed by atoms with Crippen molar-refractivity contribution in [3.05, 3.63) is 89.7 Å². The number of anilines is 1. The number of aromatic amines is 1. The van der Waals surface area contributed by atoms with E-state index in [4.69, 9.17) is 4.74 Å². The average Bonchev–Trinajstić information content (AvgIpc) is 3.31. The Morgan fingerprint density at radius 2 is 1.91 bits per heavy atom. The summed E-state index contributed by atoms with van der Waals surface area (Å²) in [4.78, 5) is 24.0. The molecule has 1 atom stereocenters. The van der Waals surface area contributed by atoms with Crippen LogP contribution in [0.2, 0.25) is 0 Å². The number of carboxylic acids is 1. The molecule has 0 saturated carbocycles. The third-order valence-electron chi connectivity index (χ3n) is 6.35. The smallest absolute Gasteiger partial charge is 0.325 e. The van der Waals surface area contributed by atoms with Crippen LogP contribution in [0.5, 0.6) is 5.75 Å². The maximum atomic E-state index is 12.4. The minimum absolute atomic E-state index is 0.464. The summed E-state index contributed by atoms with van der Waals surface area (Å²) in [7, 11) is 0. The Morgan fingerprint density at radius 1 is 1.11 bits per heavy atom. The zero-order valence-electron chi connectivity index (χ0n) is 19.1. The maximum Gasteiger partial charge on any atom is 0.325 e. The molecule has 3 heterocycles. The van der Waals surface area contributed by atoms with Crippen molar-refractivity contribution in [1.82, 2.24) is 14.9 Å². The highest BCUT2D eigenvalue weighted by Gasteiger charge is 2.32. The standard InChI is InChI=1S/C27H25N5O3/c28-16-20-7-4-10-29-26(20)32-13-11-31(12-14-32)25(27(33)34)23-17-30-24-15-21(8-9-22(23)24)35-18-19-5-2-1-3-6-19/h1-10,15,17,25,30H,11-14,18H2,(H,33,34). The number of fused-ring (bicyclic) bond motifs is 1. The molecular weight excluding hydrogens is 442 g/mol. The number of hydrogen-bond acceptors (Lipinski definition) is 6. The fraction of sp³-hybridized carbons (Fsp3) is 0.222. The molecule has 2 aromatic carbocycles. The first-order valence-electron chi connectivity index (χ1n) is 11.5. The molecule has 1 unspecified atom stereocenters. The van der Waals surface area contributed by atoms with E-state index in [0.717, 1.165) is 27.8 Å². The number of carboxylic acid groups (broad SMARTS) is 1. The van der Waals surface area contributed by atoms with Crippen LogP contribution in [0.1, 0.15) is 22.7 Å². The van der Waals surface area contributed by atoms with Crippen LogP contribution in [0.15, 0.2) is 73.1 Å². The molecule has 1 aliphatic rings. The van der Waals surface area contributed by atoms with Crippen molar-refractivity contribution < 1.29 is 14.6 Å². The minimum Gasteiger partial charge on any atom is -0.489 e. The van der Waals surface area contributed by atoms with Crippen LogP contribution in [0.4, 0.5) is 5.82 Å². The van der Waals surface area contributed by atoms with Crippen LogP contribution in [-0.2, 0) is 11.4 Å². The number of pyridine rings is 1. The molecule has 8 heteroatoms. The van der Waals surface area contributed by atoms with Crippen molar-refractivity contribution in [2.45, 2.75) is 12.6 Å². The normalized spacial score (nSPS) is 15.0. The Hall–Kier alpha value is -4.35. The second kappa shape index (κ2) is 9.87. The fourth-order valence-corrected chi connectivity index (χ4v) is 4.60. The number of ether oxygens (including phenoxy) is 1. The van der Waals surface area contributed by atoms with Gasteiger partial charge in [0.05, 0.1) is 5.56 Å². The van der Waals surface area contributed by atoms with Crippen molar-refractivity contribution in [2.24, 2.45) is 0 Å². The number of benzene rings is 2. The number of piperazine rings is 1. The van der Waals surface area contributed by atoms with Gasteiger partial charge < -0.3 is 19.7 Å². The van der Waals surface area contributed by atoms with Gasteiger partial charge in [-0.05, 0) is 29.8 Å². The third kappa shape index (κ3) is 4.67. The number of rotatable bonds is 7. The summed E-state index contributed by atoms with van der Waals surface area (Å²) in [6, 6.07) is 20.5. The monoisotopic (exact) mass is 467 g/mol. The van der Waals surface area contributed by atoms with E-state index >= 15 is 0 Å². The van der Waals surface area contributed by atoms with Gasteiger partial charge in [0.1, 0.15) is 30.3 Å². The van der Waals surface area contributed by atoms with Crippen LogP contribution in [0, 0.1) is 11.3 Å². The highest BCUT2D eigenvalue weighted by Crippen LogP contribution is 2.32. The van der Waals surface area contributed by atoms with Crippen molar-refractivity contribution in [3.8, 4) is 11.8 Å². The van der Waals surface area contributed by atoms with E-state index < -0.39 is 12.0 Å². The first-order chi connectivity index (χ1) is 17.1. The van der Waals surface area contributed by atoms with Crippen LogP contribution < -0.4 is 9.64 Å². The number of carbonyl (C=O) groups is 1. The molecule has 1 aliphatic heterocycles. The van der Waals surface area contributed by atoms with Gasteiger partial charge in [-0.25, -0.2) is 4.98 Å². The third-order valence-corrected chi connectivity index (χ3v) is 6.35. The molecule has 0 bridgehead atoms. The molecule has 0 amide bonds. The van der Waals surface area contributed by atoms with Crippen molar-refractivity contribution in [1.29, 1.82) is 5.26 Å². The predicted octanol–water partition coefficient (Wildman–Crippen LogP) is 3.96. The largest absolute Gasteiger partial charge is 0.489 e. The Labute approximate surface area is 203 Å². The summed E-state index contributed by atoms with van der Waals surface area (Å²) in [6.07, 6.45) is 3.45. The van der Waals surface area contributed by atoms with Gasteiger partial charge in [-0.1, -0.05) is 30.3 Å². The second-order valence-electron chi connectivity index (χ2n) is 8.48. The molecule has 1 saturated heterocycles. The van der Waals surface area contributed by atoms with Gasteiger partial charge in [0.25, 0.3) is 0 Å². The zero-order valence-corrected chi connectivity index (χ0v) is 19.1. The quantitative estimate of drug-likeness (QED) is 0.424. The number of nitrogens with one attached hydrogen (secondary N) is 1. The van der Waals surface area contributed by atoms with Gasteiger partial charge in [0, 0.05) is 61.1 Å². The first-order valence-corrected chi connectivity index (χ1v) is 11.5. The van der Waals surface area contributed by atoms with E-state index in [9.17, 15) is 15.2 Å². The Balaban J connectivity index is 1.32. The van der Waals surface area contributed by atoms with E-state index in [0.29, 0.717) is 44.2 Å².